The van der Waals surface area contributed by atoms with Crippen LogP contribution in [-0.2, 0) is 4.79 Å². The summed E-state index contributed by atoms with van der Waals surface area (Å²) >= 11 is 0. The Morgan fingerprint density at radius 2 is 2.18 bits per heavy atom. The maximum Gasteiger partial charge on any atom is 0.221 e. The molecule has 0 radical (unpaired) electrons. The van der Waals surface area contributed by atoms with Gasteiger partial charge in [0.2, 0.25) is 5.91 Å². The SMILES string of the molecule is C=C/C(=C\N(C)N/C=C(/C#N)NC)NC(C)=O. The second-order valence-corrected chi connectivity index (χ2v) is 3.13. The van der Waals surface area contributed by atoms with Crippen molar-refractivity contribution in [2.75, 3.05) is 14.1 Å². The van der Waals surface area contributed by atoms with Crippen LogP contribution in [-0.4, -0.2) is 25.0 Å². The molecule has 17 heavy (non-hydrogen) atoms. The lowest BCUT2D eigenvalue weighted by Crippen LogP contribution is -2.28. The number of rotatable bonds is 6. The van der Waals surface area contributed by atoms with Gasteiger partial charge < -0.3 is 16.1 Å². The number of hydrogen-bond donors (Lipinski definition) is 3. The third kappa shape index (κ3) is 6.62. The molecule has 0 rings (SSSR count). The molecule has 0 aliphatic carbocycles. The summed E-state index contributed by atoms with van der Waals surface area (Å²) in [7, 11) is 3.38. The summed E-state index contributed by atoms with van der Waals surface area (Å²) in [6, 6.07) is 1.96. The Hall–Kier alpha value is -2.42. The second-order valence-electron chi connectivity index (χ2n) is 3.13. The molecule has 92 valence electrons. The van der Waals surface area contributed by atoms with Crippen LogP contribution < -0.4 is 16.1 Å². The Bertz CT molecular complexity index is 378. The van der Waals surface area contributed by atoms with Crippen molar-refractivity contribution in [3.8, 4) is 6.07 Å². The summed E-state index contributed by atoms with van der Waals surface area (Å²) in [6.45, 7) is 4.99. The quantitative estimate of drug-likeness (QED) is 0.347. The van der Waals surface area contributed by atoms with Crippen LogP contribution in [0.2, 0.25) is 0 Å². The Morgan fingerprint density at radius 1 is 1.53 bits per heavy atom. The molecule has 0 saturated carbocycles. The van der Waals surface area contributed by atoms with Gasteiger partial charge in [-0.3, -0.25) is 9.80 Å². The predicted molar refractivity (Wildman–Crippen MR) is 65.8 cm³/mol. The number of carbonyl (C=O) groups is 1. The molecule has 6 heteroatoms. The van der Waals surface area contributed by atoms with Crippen LogP contribution in [0.25, 0.3) is 0 Å². The van der Waals surface area contributed by atoms with E-state index >= 15 is 0 Å². The molecule has 0 spiro atoms. The van der Waals surface area contributed by atoms with Gasteiger partial charge in [-0.15, -0.1) is 0 Å². The van der Waals surface area contributed by atoms with E-state index in [9.17, 15) is 4.79 Å². The average Bonchev–Trinajstić information content (AvgIpc) is 2.28. The van der Waals surface area contributed by atoms with Crippen LogP contribution in [0.4, 0.5) is 0 Å². The van der Waals surface area contributed by atoms with Gasteiger partial charge in [0.25, 0.3) is 0 Å². The molecule has 0 aromatic rings. The molecule has 0 aliphatic rings. The van der Waals surface area contributed by atoms with Crippen molar-refractivity contribution in [2.24, 2.45) is 0 Å². The summed E-state index contributed by atoms with van der Waals surface area (Å²) in [5.41, 5.74) is 3.79. The summed E-state index contributed by atoms with van der Waals surface area (Å²) in [5, 5.41) is 15.5. The lowest BCUT2D eigenvalue weighted by molar-refractivity contribution is -0.118. The highest BCUT2D eigenvalue weighted by Gasteiger charge is 1.96. The highest BCUT2D eigenvalue weighted by molar-refractivity contribution is 5.75. The number of nitriles is 1. The van der Waals surface area contributed by atoms with E-state index in [4.69, 9.17) is 5.26 Å². The first-order valence-electron chi connectivity index (χ1n) is 4.92. The summed E-state index contributed by atoms with van der Waals surface area (Å²) in [5.74, 6) is -0.173. The number of amides is 1. The molecule has 0 aromatic heterocycles. The molecular weight excluding hydrogens is 218 g/mol. The molecule has 0 bridgehead atoms. The van der Waals surface area contributed by atoms with Gasteiger partial charge in [0.15, 0.2) is 0 Å². The van der Waals surface area contributed by atoms with Gasteiger partial charge in [-0.25, -0.2) is 0 Å². The van der Waals surface area contributed by atoms with Crippen molar-refractivity contribution in [2.45, 2.75) is 6.92 Å². The molecule has 0 fully saturated rings. The minimum Gasteiger partial charge on any atom is -0.378 e. The van der Waals surface area contributed by atoms with Gasteiger partial charge in [-0.1, -0.05) is 6.58 Å². The number of nitrogens with one attached hydrogen (secondary N) is 3. The normalized spacial score (nSPS) is 11.2. The smallest absolute Gasteiger partial charge is 0.221 e. The molecule has 0 aliphatic heterocycles. The molecule has 6 nitrogen and oxygen atoms in total. The Kier molecular flexibility index (Phi) is 6.71. The summed E-state index contributed by atoms with van der Waals surface area (Å²) in [4.78, 5) is 10.8. The van der Waals surface area contributed by atoms with Crippen LogP contribution in [0.1, 0.15) is 6.92 Å². The Labute approximate surface area is 101 Å². The van der Waals surface area contributed by atoms with Crippen LogP contribution in [0.15, 0.2) is 36.4 Å². The fourth-order valence-electron chi connectivity index (χ4n) is 0.912. The lowest BCUT2D eigenvalue weighted by atomic mass is 10.4. The van der Waals surface area contributed by atoms with Crippen LogP contribution >= 0.6 is 0 Å². The minimum atomic E-state index is -0.173. The molecular formula is C11H17N5O. The maximum atomic E-state index is 10.8. The van der Waals surface area contributed by atoms with Crippen molar-refractivity contribution in [1.82, 2.24) is 21.1 Å². The first-order chi connectivity index (χ1) is 8.03. The van der Waals surface area contributed by atoms with E-state index < -0.39 is 0 Å². The predicted octanol–water partition coefficient (Wildman–Crippen LogP) is 0.171. The van der Waals surface area contributed by atoms with Gasteiger partial charge in [0, 0.05) is 27.2 Å². The Balaban J connectivity index is 4.51. The van der Waals surface area contributed by atoms with E-state index in [1.165, 1.54) is 19.2 Å². The molecule has 0 unspecified atom stereocenters. The van der Waals surface area contributed by atoms with Crippen molar-refractivity contribution >= 4 is 5.91 Å². The second kappa shape index (κ2) is 7.82. The van der Waals surface area contributed by atoms with Crippen molar-refractivity contribution in [3.63, 3.8) is 0 Å². The van der Waals surface area contributed by atoms with Crippen molar-refractivity contribution < 1.29 is 4.79 Å². The number of nitrogens with zero attached hydrogens (tertiary/aromatic N) is 2. The van der Waals surface area contributed by atoms with E-state index in [2.05, 4.69) is 22.6 Å². The third-order valence-corrected chi connectivity index (χ3v) is 1.68. The zero-order valence-corrected chi connectivity index (χ0v) is 10.2. The van der Waals surface area contributed by atoms with Crippen LogP contribution in [0, 0.1) is 11.3 Å². The fourth-order valence-corrected chi connectivity index (χ4v) is 0.912. The highest BCUT2D eigenvalue weighted by Crippen LogP contribution is 1.92. The Morgan fingerprint density at radius 3 is 2.59 bits per heavy atom. The fraction of sp³-hybridized carbons (Fsp3) is 0.273. The highest BCUT2D eigenvalue weighted by atomic mass is 16.1. The van der Waals surface area contributed by atoms with Gasteiger partial charge in [-0.05, 0) is 6.08 Å². The van der Waals surface area contributed by atoms with E-state index in [1.54, 1.807) is 25.3 Å². The molecule has 0 aromatic carbocycles. The molecule has 0 heterocycles. The van der Waals surface area contributed by atoms with Crippen molar-refractivity contribution in [1.29, 1.82) is 5.26 Å². The number of hydrogen-bond acceptors (Lipinski definition) is 5. The number of carbonyl (C=O) groups excluding carboxylic acids is 1. The number of hydrazine groups is 1. The molecule has 0 saturated heterocycles. The molecule has 0 atom stereocenters. The van der Waals surface area contributed by atoms with E-state index in [0.717, 1.165) is 0 Å². The van der Waals surface area contributed by atoms with E-state index in [0.29, 0.717) is 11.4 Å². The minimum absolute atomic E-state index is 0.173. The van der Waals surface area contributed by atoms with Crippen LogP contribution in [0.5, 0.6) is 0 Å². The van der Waals surface area contributed by atoms with Gasteiger partial charge in [-0.2, -0.15) is 5.26 Å². The van der Waals surface area contributed by atoms with Crippen LogP contribution in [0.3, 0.4) is 0 Å². The zero-order chi connectivity index (χ0) is 13.3. The first kappa shape index (κ1) is 14.6. The third-order valence-electron chi connectivity index (χ3n) is 1.68. The average molecular weight is 235 g/mol. The zero-order valence-electron chi connectivity index (χ0n) is 10.2. The van der Waals surface area contributed by atoms with E-state index in [-0.39, 0.29) is 5.91 Å². The van der Waals surface area contributed by atoms with E-state index in [1.807, 2.05) is 6.07 Å². The largest absolute Gasteiger partial charge is 0.378 e. The lowest BCUT2D eigenvalue weighted by Gasteiger charge is -2.15. The van der Waals surface area contributed by atoms with Gasteiger partial charge >= 0.3 is 0 Å². The maximum absolute atomic E-state index is 10.8. The standard InChI is InChI=1S/C11H17N5O/c1-5-10(15-9(2)17)8-16(4)14-7-11(6-12)13-3/h5,7-8,13-14H,1H2,2-4H3,(H,15,17)/b10-8+,11-7-. The van der Waals surface area contributed by atoms with Gasteiger partial charge in [0.05, 0.1) is 11.9 Å². The monoisotopic (exact) mass is 235 g/mol. The summed E-state index contributed by atoms with van der Waals surface area (Å²) < 4.78 is 0. The topological polar surface area (TPSA) is 80.2 Å². The van der Waals surface area contributed by atoms with Crippen molar-refractivity contribution in [3.05, 3.63) is 36.4 Å². The first-order valence-corrected chi connectivity index (χ1v) is 4.92. The summed E-state index contributed by atoms with van der Waals surface area (Å²) in [6.07, 6.45) is 4.66. The molecule has 3 N–H and O–H groups in total. The van der Waals surface area contributed by atoms with Gasteiger partial charge in [0.1, 0.15) is 11.8 Å². The molecule has 1 amide bonds. The number of allylic oxidation sites excluding steroid dienone is 2.